The fraction of sp³-hybridized carbons (Fsp3) is 0.320. The summed E-state index contributed by atoms with van der Waals surface area (Å²) in [5.41, 5.74) is 2.21. The molecule has 7 nitrogen and oxygen atoms in total. The van der Waals surface area contributed by atoms with Crippen LogP contribution in [0.15, 0.2) is 60.8 Å². The molecule has 0 bridgehead atoms. The number of aromatic amines is 1. The fourth-order valence-electron chi connectivity index (χ4n) is 3.29. The molecule has 168 valence electrons. The van der Waals surface area contributed by atoms with Gasteiger partial charge in [0, 0.05) is 29.1 Å². The van der Waals surface area contributed by atoms with Gasteiger partial charge < -0.3 is 19.8 Å². The van der Waals surface area contributed by atoms with Crippen LogP contribution in [-0.4, -0.2) is 41.6 Å². The summed E-state index contributed by atoms with van der Waals surface area (Å²) in [6, 6.07) is 15.3. The second-order valence-corrected chi connectivity index (χ2v) is 8.06. The van der Waals surface area contributed by atoms with Gasteiger partial charge in [0.1, 0.15) is 6.04 Å². The molecule has 3 rings (SSSR count). The monoisotopic (exact) mass is 436 g/mol. The molecule has 0 aliphatic rings. The maximum absolute atomic E-state index is 13.0. The van der Waals surface area contributed by atoms with Crippen LogP contribution >= 0.6 is 0 Å². The number of esters is 1. The molecule has 0 radical (unpaired) electrons. The molecule has 2 atom stereocenters. The van der Waals surface area contributed by atoms with Crippen LogP contribution in [0.1, 0.15) is 36.7 Å². The Bertz CT molecular complexity index is 1070. The van der Waals surface area contributed by atoms with E-state index in [1.165, 1.54) is 6.92 Å². The van der Waals surface area contributed by atoms with E-state index in [4.69, 9.17) is 9.47 Å². The summed E-state index contributed by atoms with van der Waals surface area (Å²) in [5, 5.41) is 3.54. The van der Waals surface area contributed by atoms with Gasteiger partial charge in [0.25, 0.3) is 0 Å². The molecule has 0 aliphatic heterocycles. The van der Waals surface area contributed by atoms with Crippen molar-refractivity contribution in [2.24, 2.45) is 5.92 Å². The Morgan fingerprint density at radius 1 is 0.969 bits per heavy atom. The van der Waals surface area contributed by atoms with Crippen molar-refractivity contribution in [3.63, 3.8) is 0 Å². The minimum atomic E-state index is -1.01. The van der Waals surface area contributed by atoms with Crippen LogP contribution in [0.4, 0.5) is 4.79 Å². The van der Waals surface area contributed by atoms with Crippen molar-refractivity contribution in [2.75, 3.05) is 6.61 Å². The Morgan fingerprint density at radius 3 is 2.38 bits per heavy atom. The molecule has 1 amide bonds. The number of para-hydroxylation sites is 1. The number of rotatable bonds is 9. The number of fused-ring (bicyclic) bond motifs is 1. The van der Waals surface area contributed by atoms with E-state index in [-0.39, 0.29) is 24.7 Å². The van der Waals surface area contributed by atoms with Gasteiger partial charge in [0.05, 0.1) is 6.61 Å². The Kier molecular flexibility index (Phi) is 7.65. The van der Waals surface area contributed by atoms with Crippen LogP contribution in [-0.2, 0) is 20.7 Å². The molecule has 0 unspecified atom stereocenters. The number of carbonyl (C=O) groups is 3. The summed E-state index contributed by atoms with van der Waals surface area (Å²) in [5.74, 6) is -0.857. The average Bonchev–Trinajstić information content (AvgIpc) is 3.20. The number of hydrogen-bond donors (Lipinski definition) is 2. The highest BCUT2D eigenvalue weighted by atomic mass is 16.6. The standard InChI is InChI=1S/C25H28N2O5/c1-16(2)15-31-25(30)27-22(13-19-14-26-21-12-8-7-11-20(19)21)24(29)32-17(3)23(28)18-9-5-4-6-10-18/h4-12,14,16-17,22,26H,13,15H2,1-3H3,(H,27,30)/t17-,22-/m1/s1. The zero-order valence-corrected chi connectivity index (χ0v) is 18.5. The molecule has 2 aromatic carbocycles. The zero-order valence-electron chi connectivity index (χ0n) is 18.5. The van der Waals surface area contributed by atoms with E-state index < -0.39 is 24.2 Å². The minimum absolute atomic E-state index is 0.156. The lowest BCUT2D eigenvalue weighted by Crippen LogP contribution is -2.45. The van der Waals surface area contributed by atoms with Crippen molar-refractivity contribution in [2.45, 2.75) is 39.3 Å². The summed E-state index contributed by atoms with van der Waals surface area (Å²) in [4.78, 5) is 41.0. The summed E-state index contributed by atoms with van der Waals surface area (Å²) in [7, 11) is 0. The minimum Gasteiger partial charge on any atom is -0.453 e. The third-order valence-corrected chi connectivity index (χ3v) is 4.94. The predicted molar refractivity (Wildman–Crippen MR) is 121 cm³/mol. The van der Waals surface area contributed by atoms with E-state index in [1.54, 1.807) is 36.5 Å². The maximum atomic E-state index is 13.0. The lowest BCUT2D eigenvalue weighted by atomic mass is 10.0. The van der Waals surface area contributed by atoms with Crippen molar-refractivity contribution in [1.82, 2.24) is 10.3 Å². The van der Waals surface area contributed by atoms with Crippen molar-refractivity contribution >= 4 is 28.7 Å². The van der Waals surface area contributed by atoms with Gasteiger partial charge >= 0.3 is 12.1 Å². The molecule has 32 heavy (non-hydrogen) atoms. The first-order valence-corrected chi connectivity index (χ1v) is 10.6. The maximum Gasteiger partial charge on any atom is 0.407 e. The quantitative estimate of drug-likeness (QED) is 0.386. The molecule has 1 aromatic heterocycles. The third kappa shape index (κ3) is 5.97. The number of amides is 1. The molecule has 0 aliphatic carbocycles. The van der Waals surface area contributed by atoms with Gasteiger partial charge in [-0.15, -0.1) is 0 Å². The van der Waals surface area contributed by atoms with Crippen LogP contribution in [0, 0.1) is 5.92 Å². The van der Waals surface area contributed by atoms with Gasteiger partial charge in [-0.2, -0.15) is 0 Å². The zero-order chi connectivity index (χ0) is 23.1. The van der Waals surface area contributed by atoms with Crippen LogP contribution < -0.4 is 5.32 Å². The average molecular weight is 437 g/mol. The van der Waals surface area contributed by atoms with E-state index in [0.717, 1.165) is 16.5 Å². The van der Waals surface area contributed by atoms with Gasteiger partial charge in [0.2, 0.25) is 5.78 Å². The summed E-state index contributed by atoms with van der Waals surface area (Å²) < 4.78 is 10.6. The fourth-order valence-corrected chi connectivity index (χ4v) is 3.29. The topological polar surface area (TPSA) is 97.5 Å². The molecular formula is C25H28N2O5. The number of benzene rings is 2. The van der Waals surface area contributed by atoms with Crippen LogP contribution in [0.3, 0.4) is 0 Å². The van der Waals surface area contributed by atoms with E-state index in [2.05, 4.69) is 10.3 Å². The second kappa shape index (κ2) is 10.6. The summed E-state index contributed by atoms with van der Waals surface area (Å²) in [6.07, 6.45) is 0.280. The Hall–Kier alpha value is -3.61. The summed E-state index contributed by atoms with van der Waals surface area (Å²) >= 11 is 0. The smallest absolute Gasteiger partial charge is 0.407 e. The van der Waals surface area contributed by atoms with Crippen molar-refractivity contribution < 1.29 is 23.9 Å². The number of nitrogens with one attached hydrogen (secondary N) is 2. The SMILES string of the molecule is CC(C)COC(=O)N[C@H](Cc1c[nH]c2ccccc12)C(=O)O[C@H](C)C(=O)c1ccccc1. The Labute approximate surface area is 187 Å². The highest BCUT2D eigenvalue weighted by molar-refractivity contribution is 6.00. The Morgan fingerprint density at radius 2 is 1.66 bits per heavy atom. The highest BCUT2D eigenvalue weighted by Gasteiger charge is 2.28. The number of Topliss-reactive ketones (excluding diaryl/α,β-unsaturated/α-hetero) is 1. The number of ether oxygens (including phenoxy) is 2. The normalized spacial score (nSPS) is 12.9. The van der Waals surface area contributed by atoms with E-state index >= 15 is 0 Å². The van der Waals surface area contributed by atoms with Crippen molar-refractivity contribution in [3.05, 3.63) is 71.9 Å². The first kappa shape index (κ1) is 23.1. The molecule has 0 fully saturated rings. The lowest BCUT2D eigenvalue weighted by molar-refractivity contribution is -0.148. The van der Waals surface area contributed by atoms with Gasteiger partial charge in [0.15, 0.2) is 6.10 Å². The number of ketones is 1. The van der Waals surface area contributed by atoms with Gasteiger partial charge in [-0.25, -0.2) is 9.59 Å². The molecule has 0 spiro atoms. The lowest BCUT2D eigenvalue weighted by Gasteiger charge is -2.20. The second-order valence-electron chi connectivity index (χ2n) is 8.06. The predicted octanol–water partition coefficient (Wildman–Crippen LogP) is 4.28. The van der Waals surface area contributed by atoms with Crippen molar-refractivity contribution in [1.29, 1.82) is 0 Å². The molecule has 0 saturated carbocycles. The highest BCUT2D eigenvalue weighted by Crippen LogP contribution is 2.20. The number of aromatic nitrogens is 1. The number of hydrogen-bond acceptors (Lipinski definition) is 5. The largest absolute Gasteiger partial charge is 0.453 e. The molecule has 7 heteroatoms. The molecule has 0 saturated heterocycles. The number of carbonyl (C=O) groups excluding carboxylic acids is 3. The number of H-pyrrole nitrogens is 1. The first-order chi connectivity index (χ1) is 15.3. The first-order valence-electron chi connectivity index (χ1n) is 10.6. The summed E-state index contributed by atoms with van der Waals surface area (Å²) in [6.45, 7) is 5.58. The van der Waals surface area contributed by atoms with E-state index in [1.807, 2.05) is 38.1 Å². The third-order valence-electron chi connectivity index (χ3n) is 4.94. The van der Waals surface area contributed by atoms with Gasteiger partial charge in [-0.05, 0) is 24.5 Å². The molecule has 1 heterocycles. The van der Waals surface area contributed by atoms with Gasteiger partial charge in [-0.3, -0.25) is 4.79 Å². The molecule has 3 aromatic rings. The van der Waals surface area contributed by atoms with Gasteiger partial charge in [-0.1, -0.05) is 62.4 Å². The van der Waals surface area contributed by atoms with Crippen LogP contribution in [0.2, 0.25) is 0 Å². The molecular weight excluding hydrogens is 408 g/mol. The number of alkyl carbamates (subject to hydrolysis) is 1. The van der Waals surface area contributed by atoms with Crippen LogP contribution in [0.25, 0.3) is 10.9 Å². The van der Waals surface area contributed by atoms with Crippen LogP contribution in [0.5, 0.6) is 0 Å². The molecule has 2 N–H and O–H groups in total. The van der Waals surface area contributed by atoms with Crippen molar-refractivity contribution in [3.8, 4) is 0 Å². The van der Waals surface area contributed by atoms with E-state index in [9.17, 15) is 14.4 Å². The Balaban J connectivity index is 1.75. The van der Waals surface area contributed by atoms with E-state index in [0.29, 0.717) is 5.56 Å².